The first-order valence-corrected chi connectivity index (χ1v) is 6.66. The maximum atomic E-state index is 13.6. The molecule has 0 aliphatic rings. The van der Waals surface area contributed by atoms with E-state index in [1.54, 1.807) is 23.5 Å². The lowest BCUT2D eigenvalue weighted by Crippen LogP contribution is -1.98. The van der Waals surface area contributed by atoms with Crippen molar-refractivity contribution >= 4 is 22.9 Å². The van der Waals surface area contributed by atoms with Gasteiger partial charge in [-0.2, -0.15) is 0 Å². The normalized spacial score (nSPS) is 10.7. The zero-order chi connectivity index (χ0) is 13.1. The first kappa shape index (κ1) is 13.3. The molecule has 1 aromatic carbocycles. The molecule has 0 aliphatic carbocycles. The van der Waals surface area contributed by atoms with Crippen LogP contribution >= 0.6 is 22.9 Å². The van der Waals surface area contributed by atoms with Crippen LogP contribution in [0.5, 0.6) is 5.75 Å². The number of nitrogens with two attached hydrogens (primary N) is 1. The maximum absolute atomic E-state index is 13.6. The molecule has 96 valence electrons. The van der Waals surface area contributed by atoms with Gasteiger partial charge in [-0.05, 0) is 25.1 Å². The van der Waals surface area contributed by atoms with Crippen LogP contribution < -0.4 is 10.5 Å². The molecule has 2 N–H and O–H groups in total. The minimum atomic E-state index is -0.522. The molecule has 0 saturated carbocycles. The Kier molecular flexibility index (Phi) is 4.22. The van der Waals surface area contributed by atoms with E-state index in [2.05, 4.69) is 0 Å². The van der Waals surface area contributed by atoms with Crippen molar-refractivity contribution in [3.63, 3.8) is 0 Å². The second kappa shape index (κ2) is 5.69. The minimum Gasteiger partial charge on any atom is -0.486 e. The molecule has 1 heterocycles. The second-order valence-corrected chi connectivity index (χ2v) is 5.59. The molecule has 2 nitrogen and oxygen atoms in total. The minimum absolute atomic E-state index is 0.0668. The number of aryl methyl sites for hydroxylation is 1. The Morgan fingerprint density at radius 2 is 2.22 bits per heavy atom. The molecular weight excluding hydrogens is 273 g/mol. The molecule has 0 aliphatic heterocycles. The fourth-order valence-electron chi connectivity index (χ4n) is 1.58. The summed E-state index contributed by atoms with van der Waals surface area (Å²) in [6.45, 7) is 2.83. The molecule has 0 amide bonds. The van der Waals surface area contributed by atoms with E-state index in [1.165, 1.54) is 6.07 Å². The van der Waals surface area contributed by atoms with Gasteiger partial charge in [0, 0.05) is 21.9 Å². The number of thiophene rings is 1. The Morgan fingerprint density at radius 3 is 2.89 bits per heavy atom. The third kappa shape index (κ3) is 2.83. The van der Waals surface area contributed by atoms with E-state index in [-0.39, 0.29) is 10.8 Å². The van der Waals surface area contributed by atoms with Gasteiger partial charge < -0.3 is 10.5 Å². The highest BCUT2D eigenvalue weighted by Gasteiger charge is 2.09. The highest BCUT2D eigenvalue weighted by atomic mass is 35.5. The number of benzene rings is 1. The van der Waals surface area contributed by atoms with Gasteiger partial charge in [-0.15, -0.1) is 11.3 Å². The number of ether oxygens (including phenoxy) is 1. The van der Waals surface area contributed by atoms with Crippen LogP contribution in [0.3, 0.4) is 0 Å². The summed E-state index contributed by atoms with van der Waals surface area (Å²) in [5.74, 6) is -0.353. The van der Waals surface area contributed by atoms with E-state index in [4.69, 9.17) is 22.1 Å². The Bertz CT molecular complexity index is 556. The Morgan fingerprint density at radius 1 is 1.44 bits per heavy atom. The second-order valence-electron chi connectivity index (χ2n) is 3.84. The summed E-state index contributed by atoms with van der Waals surface area (Å²) >= 11 is 7.32. The number of hydrogen-bond donors (Lipinski definition) is 1. The third-order valence-corrected chi connectivity index (χ3v) is 3.98. The van der Waals surface area contributed by atoms with Crippen molar-refractivity contribution in [2.45, 2.75) is 20.1 Å². The van der Waals surface area contributed by atoms with Gasteiger partial charge in [0.1, 0.15) is 6.61 Å². The predicted molar refractivity (Wildman–Crippen MR) is 72.7 cm³/mol. The van der Waals surface area contributed by atoms with E-state index in [0.717, 1.165) is 15.3 Å². The lowest BCUT2D eigenvalue weighted by Gasteiger charge is -2.07. The van der Waals surface area contributed by atoms with Crippen molar-refractivity contribution in [2.24, 2.45) is 5.73 Å². The zero-order valence-electron chi connectivity index (χ0n) is 9.87. The lowest BCUT2D eigenvalue weighted by atomic mass is 10.2. The van der Waals surface area contributed by atoms with Crippen molar-refractivity contribution in [3.05, 3.63) is 50.4 Å². The molecule has 0 unspecified atom stereocenters. The van der Waals surface area contributed by atoms with Gasteiger partial charge >= 0.3 is 0 Å². The monoisotopic (exact) mass is 285 g/mol. The van der Waals surface area contributed by atoms with Crippen LogP contribution in [0.4, 0.5) is 4.39 Å². The quantitative estimate of drug-likeness (QED) is 0.925. The van der Waals surface area contributed by atoms with Crippen molar-refractivity contribution in [1.82, 2.24) is 0 Å². The molecule has 5 heteroatoms. The molecule has 2 aromatic rings. The molecule has 0 atom stereocenters. The SMILES string of the molecule is Cc1sc(CN)cc1COc1cccc(Cl)c1F. The molecule has 0 spiro atoms. The topological polar surface area (TPSA) is 35.2 Å². The molecule has 1 aromatic heterocycles. The molecule has 0 bridgehead atoms. The van der Waals surface area contributed by atoms with Crippen molar-refractivity contribution < 1.29 is 9.13 Å². The summed E-state index contributed by atoms with van der Waals surface area (Å²) in [5, 5.41) is 0.0668. The first-order valence-electron chi connectivity index (χ1n) is 5.47. The third-order valence-electron chi connectivity index (χ3n) is 2.57. The fourth-order valence-corrected chi connectivity index (χ4v) is 2.68. The van der Waals surface area contributed by atoms with Gasteiger partial charge in [0.2, 0.25) is 0 Å². The van der Waals surface area contributed by atoms with Crippen LogP contribution in [0.2, 0.25) is 5.02 Å². The highest BCUT2D eigenvalue weighted by Crippen LogP contribution is 2.27. The Labute approximate surface area is 114 Å². The summed E-state index contributed by atoms with van der Waals surface area (Å²) < 4.78 is 19.1. The van der Waals surface area contributed by atoms with E-state index >= 15 is 0 Å². The molecule has 0 saturated heterocycles. The van der Waals surface area contributed by atoms with Gasteiger partial charge in [-0.25, -0.2) is 4.39 Å². The van der Waals surface area contributed by atoms with Gasteiger partial charge in [0.15, 0.2) is 11.6 Å². The van der Waals surface area contributed by atoms with Crippen LogP contribution in [-0.4, -0.2) is 0 Å². The average molecular weight is 286 g/mol. The summed E-state index contributed by atoms with van der Waals surface area (Å²) in [4.78, 5) is 2.23. The molecule has 18 heavy (non-hydrogen) atoms. The highest BCUT2D eigenvalue weighted by molar-refractivity contribution is 7.12. The fraction of sp³-hybridized carbons (Fsp3) is 0.231. The van der Waals surface area contributed by atoms with Gasteiger partial charge in [-0.3, -0.25) is 0 Å². The van der Waals surface area contributed by atoms with Crippen molar-refractivity contribution in [1.29, 1.82) is 0 Å². The number of hydrogen-bond acceptors (Lipinski definition) is 3. The van der Waals surface area contributed by atoms with Gasteiger partial charge in [0.25, 0.3) is 0 Å². The lowest BCUT2D eigenvalue weighted by molar-refractivity contribution is 0.290. The molecule has 0 radical (unpaired) electrons. The van der Waals surface area contributed by atoms with Crippen LogP contribution in [0.25, 0.3) is 0 Å². The van der Waals surface area contributed by atoms with E-state index in [1.807, 2.05) is 13.0 Å². The number of rotatable bonds is 4. The van der Waals surface area contributed by atoms with E-state index in [0.29, 0.717) is 13.2 Å². The average Bonchev–Trinajstić information content (AvgIpc) is 2.72. The molecule has 2 rings (SSSR count). The predicted octanol–water partition coefficient (Wildman–Crippen LogP) is 3.89. The number of halogens is 2. The van der Waals surface area contributed by atoms with Crippen LogP contribution in [0.1, 0.15) is 15.3 Å². The van der Waals surface area contributed by atoms with Crippen molar-refractivity contribution in [2.75, 3.05) is 0 Å². The van der Waals surface area contributed by atoms with Crippen LogP contribution in [-0.2, 0) is 13.2 Å². The molecule has 0 fully saturated rings. The van der Waals surface area contributed by atoms with Crippen molar-refractivity contribution in [3.8, 4) is 5.75 Å². The van der Waals surface area contributed by atoms with Crippen LogP contribution in [0, 0.1) is 12.7 Å². The van der Waals surface area contributed by atoms with Crippen LogP contribution in [0.15, 0.2) is 24.3 Å². The van der Waals surface area contributed by atoms with Gasteiger partial charge in [0.05, 0.1) is 5.02 Å². The zero-order valence-corrected chi connectivity index (χ0v) is 11.4. The Balaban J connectivity index is 2.11. The summed E-state index contributed by atoms with van der Waals surface area (Å²) in [5.41, 5.74) is 6.60. The van der Waals surface area contributed by atoms with E-state index < -0.39 is 5.82 Å². The summed E-state index contributed by atoms with van der Waals surface area (Å²) in [6.07, 6.45) is 0. The largest absolute Gasteiger partial charge is 0.486 e. The first-order chi connectivity index (χ1) is 8.61. The van der Waals surface area contributed by atoms with E-state index in [9.17, 15) is 4.39 Å². The van der Waals surface area contributed by atoms with Gasteiger partial charge in [-0.1, -0.05) is 17.7 Å². The summed E-state index contributed by atoms with van der Waals surface area (Å²) in [6, 6.07) is 6.70. The maximum Gasteiger partial charge on any atom is 0.183 e. The smallest absolute Gasteiger partial charge is 0.183 e. The summed E-state index contributed by atoms with van der Waals surface area (Å²) in [7, 11) is 0. The Hall–Kier alpha value is -1.10. The molecular formula is C13H13ClFNOS. The standard InChI is InChI=1S/C13H13ClFNOS/c1-8-9(5-10(6-16)18-8)7-17-12-4-2-3-11(14)13(12)15/h2-5H,6-7,16H2,1H3.